The molecular weight excluding hydrogens is 240 g/mol. The summed E-state index contributed by atoms with van der Waals surface area (Å²) < 4.78 is 22.9. The van der Waals surface area contributed by atoms with Crippen LogP contribution in [-0.4, -0.2) is 49.9 Å². The zero-order valence-corrected chi connectivity index (χ0v) is 11.4. The van der Waals surface area contributed by atoms with Crippen molar-refractivity contribution < 1.29 is 13.2 Å². The van der Waals surface area contributed by atoms with Crippen LogP contribution < -0.4 is 5.73 Å². The first-order valence-electron chi connectivity index (χ1n) is 6.16. The van der Waals surface area contributed by atoms with Gasteiger partial charge in [0.15, 0.2) is 9.84 Å². The number of nitrogens with two attached hydrogens (primary N) is 1. The van der Waals surface area contributed by atoms with E-state index < -0.39 is 9.84 Å². The van der Waals surface area contributed by atoms with Gasteiger partial charge in [-0.1, -0.05) is 6.92 Å². The quantitative estimate of drug-likeness (QED) is 0.756. The maximum atomic E-state index is 12.2. The molecular formula is C11H22N2O3S. The Bertz CT molecular complexity index is 363. The molecule has 1 fully saturated rings. The second-order valence-corrected chi connectivity index (χ2v) is 6.75. The Morgan fingerprint density at radius 1 is 1.47 bits per heavy atom. The van der Waals surface area contributed by atoms with E-state index in [0.29, 0.717) is 25.9 Å². The fourth-order valence-electron chi connectivity index (χ4n) is 2.29. The third-order valence-corrected chi connectivity index (χ3v) is 5.15. The summed E-state index contributed by atoms with van der Waals surface area (Å²) in [7, 11) is -2.95. The molecule has 1 heterocycles. The molecule has 0 spiro atoms. The summed E-state index contributed by atoms with van der Waals surface area (Å²) in [6, 6.07) is -0.155. The number of carbonyl (C=O) groups excluding carboxylic acids is 1. The molecule has 0 aliphatic carbocycles. The van der Waals surface area contributed by atoms with Gasteiger partial charge in [-0.2, -0.15) is 0 Å². The van der Waals surface area contributed by atoms with Gasteiger partial charge in [0.1, 0.15) is 0 Å². The summed E-state index contributed by atoms with van der Waals surface area (Å²) >= 11 is 0. The van der Waals surface area contributed by atoms with Crippen molar-refractivity contribution >= 4 is 15.7 Å². The van der Waals surface area contributed by atoms with Crippen molar-refractivity contribution in [2.75, 3.05) is 24.6 Å². The molecule has 0 radical (unpaired) electrons. The first-order valence-corrected chi connectivity index (χ1v) is 7.98. The number of rotatable bonds is 5. The molecule has 0 aromatic rings. The van der Waals surface area contributed by atoms with E-state index in [1.54, 1.807) is 4.90 Å². The minimum Gasteiger partial charge on any atom is -0.339 e. The standard InChI is InChI=1S/C11H22N2O3S/c1-3-9(7-12)11(14)13(4-2)10-5-6-17(15,16)8-10/h9-10H,3-8,12H2,1-2H3. The molecule has 1 rings (SSSR count). The molecule has 2 atom stereocenters. The minimum absolute atomic E-state index is 0.000370. The lowest BCUT2D eigenvalue weighted by molar-refractivity contribution is -0.137. The molecule has 1 aliphatic heterocycles. The Balaban J connectivity index is 2.75. The summed E-state index contributed by atoms with van der Waals surface area (Å²) in [5.41, 5.74) is 5.56. The van der Waals surface area contributed by atoms with E-state index in [1.807, 2.05) is 13.8 Å². The van der Waals surface area contributed by atoms with E-state index in [1.165, 1.54) is 0 Å². The molecule has 6 heteroatoms. The SMILES string of the molecule is CCC(CN)C(=O)N(CC)C1CCS(=O)(=O)C1. The zero-order valence-electron chi connectivity index (χ0n) is 10.6. The van der Waals surface area contributed by atoms with Gasteiger partial charge in [0.25, 0.3) is 0 Å². The third-order valence-electron chi connectivity index (χ3n) is 3.40. The number of amides is 1. The number of hydrogen-bond donors (Lipinski definition) is 1. The Labute approximate surface area is 103 Å². The monoisotopic (exact) mass is 262 g/mol. The Morgan fingerprint density at radius 2 is 2.12 bits per heavy atom. The van der Waals surface area contributed by atoms with Crippen molar-refractivity contribution in [3.05, 3.63) is 0 Å². The lowest BCUT2D eigenvalue weighted by Gasteiger charge is -2.30. The van der Waals surface area contributed by atoms with Gasteiger partial charge >= 0.3 is 0 Å². The Hall–Kier alpha value is -0.620. The summed E-state index contributed by atoms with van der Waals surface area (Å²) in [5.74, 6) is 0.118. The van der Waals surface area contributed by atoms with E-state index in [2.05, 4.69) is 0 Å². The average Bonchev–Trinajstić information content (AvgIpc) is 2.62. The Morgan fingerprint density at radius 3 is 2.47 bits per heavy atom. The van der Waals surface area contributed by atoms with Crippen molar-refractivity contribution in [2.24, 2.45) is 11.7 Å². The van der Waals surface area contributed by atoms with Crippen LogP contribution in [0.3, 0.4) is 0 Å². The van der Waals surface area contributed by atoms with Crippen molar-refractivity contribution in [1.82, 2.24) is 4.90 Å². The molecule has 1 aliphatic rings. The molecule has 5 nitrogen and oxygen atoms in total. The lowest BCUT2D eigenvalue weighted by atomic mass is 10.0. The minimum atomic E-state index is -2.95. The van der Waals surface area contributed by atoms with Gasteiger partial charge in [0, 0.05) is 19.1 Å². The molecule has 100 valence electrons. The fourth-order valence-corrected chi connectivity index (χ4v) is 4.02. The van der Waals surface area contributed by atoms with E-state index >= 15 is 0 Å². The Kier molecular flexibility index (Phi) is 4.94. The molecule has 1 saturated heterocycles. The van der Waals surface area contributed by atoms with E-state index in [4.69, 9.17) is 5.73 Å². The second kappa shape index (κ2) is 5.82. The summed E-state index contributed by atoms with van der Waals surface area (Å²) in [5, 5.41) is 0. The molecule has 0 saturated carbocycles. The lowest BCUT2D eigenvalue weighted by Crippen LogP contribution is -2.45. The van der Waals surface area contributed by atoms with Crippen LogP contribution in [0.5, 0.6) is 0 Å². The van der Waals surface area contributed by atoms with Gasteiger partial charge in [-0.05, 0) is 19.8 Å². The fraction of sp³-hybridized carbons (Fsp3) is 0.909. The van der Waals surface area contributed by atoms with Crippen molar-refractivity contribution in [1.29, 1.82) is 0 Å². The molecule has 2 unspecified atom stereocenters. The summed E-state index contributed by atoms with van der Waals surface area (Å²) in [6.07, 6.45) is 1.26. The average molecular weight is 262 g/mol. The van der Waals surface area contributed by atoms with Gasteiger partial charge < -0.3 is 10.6 Å². The first-order chi connectivity index (χ1) is 7.95. The molecule has 1 amide bonds. The summed E-state index contributed by atoms with van der Waals surface area (Å²) in [6.45, 7) is 4.68. The predicted molar refractivity (Wildman–Crippen MR) is 67.3 cm³/mol. The second-order valence-electron chi connectivity index (χ2n) is 4.52. The highest BCUT2D eigenvalue weighted by Crippen LogP contribution is 2.20. The molecule has 2 N–H and O–H groups in total. The predicted octanol–water partition coefficient (Wildman–Crippen LogP) is 0.00690. The normalized spacial score (nSPS) is 24.5. The van der Waals surface area contributed by atoms with Crippen LogP contribution in [0.2, 0.25) is 0 Å². The van der Waals surface area contributed by atoms with E-state index in [9.17, 15) is 13.2 Å². The maximum absolute atomic E-state index is 12.2. The van der Waals surface area contributed by atoms with Crippen LogP contribution in [0.15, 0.2) is 0 Å². The van der Waals surface area contributed by atoms with E-state index in [-0.39, 0.29) is 29.4 Å². The molecule has 0 bridgehead atoms. The molecule has 17 heavy (non-hydrogen) atoms. The van der Waals surface area contributed by atoms with Gasteiger partial charge in [-0.25, -0.2) is 8.42 Å². The van der Waals surface area contributed by atoms with Gasteiger partial charge in [-0.15, -0.1) is 0 Å². The van der Waals surface area contributed by atoms with Crippen LogP contribution in [0.25, 0.3) is 0 Å². The van der Waals surface area contributed by atoms with Crippen LogP contribution >= 0.6 is 0 Å². The number of sulfone groups is 1. The van der Waals surface area contributed by atoms with Gasteiger partial charge in [0.05, 0.1) is 17.4 Å². The van der Waals surface area contributed by atoms with Crippen molar-refractivity contribution in [2.45, 2.75) is 32.7 Å². The number of hydrogen-bond acceptors (Lipinski definition) is 4. The third kappa shape index (κ3) is 3.42. The van der Waals surface area contributed by atoms with Crippen LogP contribution in [0.4, 0.5) is 0 Å². The summed E-state index contributed by atoms with van der Waals surface area (Å²) in [4.78, 5) is 13.9. The number of carbonyl (C=O) groups is 1. The highest BCUT2D eigenvalue weighted by atomic mass is 32.2. The van der Waals surface area contributed by atoms with Crippen molar-refractivity contribution in [3.63, 3.8) is 0 Å². The number of nitrogens with zero attached hydrogens (tertiary/aromatic N) is 1. The van der Waals surface area contributed by atoms with Crippen molar-refractivity contribution in [3.8, 4) is 0 Å². The highest BCUT2D eigenvalue weighted by Gasteiger charge is 2.35. The van der Waals surface area contributed by atoms with E-state index in [0.717, 1.165) is 0 Å². The van der Waals surface area contributed by atoms with Crippen LogP contribution in [0.1, 0.15) is 26.7 Å². The maximum Gasteiger partial charge on any atom is 0.227 e. The largest absolute Gasteiger partial charge is 0.339 e. The zero-order chi connectivity index (χ0) is 13.1. The topological polar surface area (TPSA) is 80.5 Å². The van der Waals surface area contributed by atoms with Gasteiger partial charge in [-0.3, -0.25) is 4.79 Å². The van der Waals surface area contributed by atoms with Crippen LogP contribution in [-0.2, 0) is 14.6 Å². The molecule has 0 aromatic heterocycles. The highest BCUT2D eigenvalue weighted by molar-refractivity contribution is 7.91. The van der Waals surface area contributed by atoms with Crippen LogP contribution in [0, 0.1) is 5.92 Å². The smallest absolute Gasteiger partial charge is 0.227 e. The first kappa shape index (κ1) is 14.4. The molecule has 0 aromatic carbocycles. The van der Waals surface area contributed by atoms with Gasteiger partial charge in [0.2, 0.25) is 5.91 Å².